The van der Waals surface area contributed by atoms with Crippen LogP contribution in [-0.4, -0.2) is 62.6 Å². The third-order valence-electron chi connectivity index (χ3n) is 4.91. The van der Waals surface area contributed by atoms with Crippen molar-refractivity contribution in [1.82, 2.24) is 24.6 Å². The Labute approximate surface area is 173 Å². The average molecular weight is 410 g/mol. The second kappa shape index (κ2) is 8.45. The van der Waals surface area contributed by atoms with Gasteiger partial charge in [0.05, 0.1) is 28.9 Å². The molecule has 0 radical (unpaired) electrons. The molecule has 0 saturated carbocycles. The number of halogens is 1. The average Bonchev–Trinajstić information content (AvgIpc) is 3.24. The fraction of sp³-hybridized carbons (Fsp3) is 0.238. The third kappa shape index (κ3) is 4.30. The number of nitrogens with zero attached hydrogens (tertiary/aromatic N) is 5. The summed E-state index contributed by atoms with van der Waals surface area (Å²) in [6.07, 6.45) is 5.19. The first-order valence-corrected chi connectivity index (χ1v) is 9.76. The maximum absolute atomic E-state index is 12.8. The molecule has 4 rings (SSSR count). The number of hydrogen-bond acceptors (Lipinski definition) is 4. The molecule has 1 aromatic carbocycles. The summed E-state index contributed by atoms with van der Waals surface area (Å²) in [6.45, 7) is 2.00. The van der Waals surface area contributed by atoms with E-state index in [0.717, 1.165) is 11.4 Å². The lowest BCUT2D eigenvalue weighted by molar-refractivity contribution is -0.132. The van der Waals surface area contributed by atoms with E-state index in [4.69, 9.17) is 11.6 Å². The van der Waals surface area contributed by atoms with Crippen molar-refractivity contribution < 1.29 is 9.59 Å². The number of pyridine rings is 1. The van der Waals surface area contributed by atoms with Crippen molar-refractivity contribution in [2.45, 2.75) is 6.42 Å². The maximum Gasteiger partial charge on any atom is 0.257 e. The molecule has 7 nitrogen and oxygen atoms in total. The standard InChI is InChI=1S/C21H20ClN5O2/c22-18-6-1-2-7-19(18)27-15-16(14-24-27)21(29)26-11-9-25(10-12-26)20(28)13-17-5-3-4-8-23-17/h1-8,14-15H,9-13H2. The SMILES string of the molecule is O=C(Cc1ccccn1)N1CCN(C(=O)c2cnn(-c3ccccc3Cl)c2)CC1. The predicted octanol–water partition coefficient (Wildman–Crippen LogP) is 2.45. The fourth-order valence-corrected chi connectivity index (χ4v) is 3.54. The molecule has 0 atom stereocenters. The van der Waals surface area contributed by atoms with Crippen LogP contribution in [0.25, 0.3) is 5.69 Å². The summed E-state index contributed by atoms with van der Waals surface area (Å²) >= 11 is 6.20. The molecule has 148 valence electrons. The molecule has 1 aliphatic rings. The Bertz CT molecular complexity index is 1010. The minimum Gasteiger partial charge on any atom is -0.339 e. The van der Waals surface area contributed by atoms with Crippen molar-refractivity contribution in [3.8, 4) is 5.69 Å². The van der Waals surface area contributed by atoms with Crippen molar-refractivity contribution in [1.29, 1.82) is 0 Å². The number of aromatic nitrogens is 3. The Kier molecular flexibility index (Phi) is 5.57. The maximum atomic E-state index is 12.8. The van der Waals surface area contributed by atoms with Crippen molar-refractivity contribution in [2.24, 2.45) is 0 Å². The molecule has 0 spiro atoms. The Balaban J connectivity index is 1.36. The monoisotopic (exact) mass is 409 g/mol. The van der Waals surface area contributed by atoms with Crippen LogP contribution in [0.5, 0.6) is 0 Å². The van der Waals surface area contributed by atoms with Crippen LogP contribution in [0.1, 0.15) is 16.1 Å². The van der Waals surface area contributed by atoms with E-state index in [1.54, 1.807) is 39.1 Å². The predicted molar refractivity (Wildman–Crippen MR) is 109 cm³/mol. The van der Waals surface area contributed by atoms with Crippen LogP contribution in [0.2, 0.25) is 5.02 Å². The number of benzene rings is 1. The number of amides is 2. The Morgan fingerprint density at radius 3 is 2.41 bits per heavy atom. The van der Waals surface area contributed by atoms with Crippen LogP contribution in [-0.2, 0) is 11.2 Å². The highest BCUT2D eigenvalue weighted by Crippen LogP contribution is 2.20. The first kappa shape index (κ1) is 19.1. The molecule has 3 heterocycles. The number of hydrogen-bond donors (Lipinski definition) is 0. The molecule has 8 heteroatoms. The van der Waals surface area contributed by atoms with E-state index < -0.39 is 0 Å². The first-order chi connectivity index (χ1) is 14.1. The van der Waals surface area contributed by atoms with Crippen LogP contribution >= 0.6 is 11.6 Å². The van der Waals surface area contributed by atoms with Gasteiger partial charge in [-0.25, -0.2) is 4.68 Å². The molecular formula is C21H20ClN5O2. The zero-order valence-electron chi connectivity index (χ0n) is 15.7. The molecule has 29 heavy (non-hydrogen) atoms. The molecule has 2 amide bonds. The van der Waals surface area contributed by atoms with Crippen molar-refractivity contribution in [3.05, 3.63) is 77.3 Å². The highest BCUT2D eigenvalue weighted by atomic mass is 35.5. The summed E-state index contributed by atoms with van der Waals surface area (Å²) in [5.41, 5.74) is 1.97. The molecule has 3 aromatic rings. The summed E-state index contributed by atoms with van der Waals surface area (Å²) in [5, 5.41) is 4.83. The summed E-state index contributed by atoms with van der Waals surface area (Å²) < 4.78 is 1.60. The third-order valence-corrected chi connectivity index (χ3v) is 5.23. The van der Waals surface area contributed by atoms with E-state index in [2.05, 4.69) is 10.1 Å². The second-order valence-corrected chi connectivity index (χ2v) is 7.20. The summed E-state index contributed by atoms with van der Waals surface area (Å²) in [4.78, 5) is 33.0. The van der Waals surface area contributed by atoms with Gasteiger partial charge in [0.25, 0.3) is 5.91 Å². The molecular weight excluding hydrogens is 390 g/mol. The first-order valence-electron chi connectivity index (χ1n) is 9.38. The van der Waals surface area contributed by atoms with Crippen LogP contribution in [0.15, 0.2) is 61.1 Å². The van der Waals surface area contributed by atoms with E-state index in [1.165, 1.54) is 0 Å². The number of piperazine rings is 1. The fourth-order valence-electron chi connectivity index (χ4n) is 3.31. The molecule has 1 saturated heterocycles. The Hall–Kier alpha value is -3.19. The minimum absolute atomic E-state index is 0.0299. The molecule has 2 aromatic heterocycles. The minimum atomic E-state index is -0.0971. The van der Waals surface area contributed by atoms with E-state index in [1.807, 2.05) is 36.4 Å². The number of para-hydroxylation sites is 1. The number of carbonyl (C=O) groups excluding carboxylic acids is 2. The summed E-state index contributed by atoms with van der Waals surface area (Å²) in [6, 6.07) is 12.9. The quantitative estimate of drug-likeness (QED) is 0.663. The van der Waals surface area contributed by atoms with Crippen LogP contribution in [0.4, 0.5) is 0 Å². The van der Waals surface area contributed by atoms with Gasteiger partial charge in [0.1, 0.15) is 0 Å². The topological polar surface area (TPSA) is 71.3 Å². The molecule has 1 aliphatic heterocycles. The van der Waals surface area contributed by atoms with E-state index >= 15 is 0 Å². The molecule has 0 unspecified atom stereocenters. The van der Waals surface area contributed by atoms with Crippen molar-refractivity contribution in [2.75, 3.05) is 26.2 Å². The number of carbonyl (C=O) groups is 2. The van der Waals surface area contributed by atoms with E-state index in [-0.39, 0.29) is 18.2 Å². The largest absolute Gasteiger partial charge is 0.339 e. The van der Waals surface area contributed by atoms with Gasteiger partial charge in [-0.1, -0.05) is 29.8 Å². The van der Waals surface area contributed by atoms with Gasteiger partial charge in [0.2, 0.25) is 5.91 Å². The van der Waals surface area contributed by atoms with E-state index in [0.29, 0.717) is 36.8 Å². The molecule has 0 aliphatic carbocycles. The highest BCUT2D eigenvalue weighted by Gasteiger charge is 2.26. The molecule has 0 N–H and O–H groups in total. The van der Waals surface area contributed by atoms with Gasteiger partial charge in [-0.2, -0.15) is 5.10 Å². The van der Waals surface area contributed by atoms with Crippen LogP contribution in [0, 0.1) is 0 Å². The van der Waals surface area contributed by atoms with Crippen molar-refractivity contribution in [3.63, 3.8) is 0 Å². The van der Waals surface area contributed by atoms with Gasteiger partial charge in [-0.15, -0.1) is 0 Å². The van der Waals surface area contributed by atoms with Gasteiger partial charge in [-0.3, -0.25) is 14.6 Å². The van der Waals surface area contributed by atoms with Crippen LogP contribution in [0.3, 0.4) is 0 Å². The van der Waals surface area contributed by atoms with Gasteiger partial charge in [-0.05, 0) is 24.3 Å². The smallest absolute Gasteiger partial charge is 0.257 e. The van der Waals surface area contributed by atoms with Gasteiger partial charge < -0.3 is 9.80 Å². The zero-order valence-corrected chi connectivity index (χ0v) is 16.5. The van der Waals surface area contributed by atoms with E-state index in [9.17, 15) is 9.59 Å². The lowest BCUT2D eigenvalue weighted by atomic mass is 10.2. The summed E-state index contributed by atoms with van der Waals surface area (Å²) in [5.74, 6) is -0.0672. The number of rotatable bonds is 4. The van der Waals surface area contributed by atoms with Crippen LogP contribution < -0.4 is 0 Å². The summed E-state index contributed by atoms with van der Waals surface area (Å²) in [7, 11) is 0. The molecule has 0 bridgehead atoms. The van der Waals surface area contributed by atoms with Gasteiger partial charge in [0, 0.05) is 44.3 Å². The zero-order chi connectivity index (χ0) is 20.2. The molecule has 1 fully saturated rings. The van der Waals surface area contributed by atoms with Gasteiger partial charge >= 0.3 is 0 Å². The Morgan fingerprint density at radius 1 is 0.966 bits per heavy atom. The lowest BCUT2D eigenvalue weighted by Gasteiger charge is -2.34. The lowest BCUT2D eigenvalue weighted by Crippen LogP contribution is -2.51. The van der Waals surface area contributed by atoms with Gasteiger partial charge in [0.15, 0.2) is 0 Å². The normalized spacial score (nSPS) is 14.1. The second-order valence-electron chi connectivity index (χ2n) is 6.80. The highest BCUT2D eigenvalue weighted by molar-refractivity contribution is 6.32. The Morgan fingerprint density at radius 2 is 1.69 bits per heavy atom. The van der Waals surface area contributed by atoms with Crippen molar-refractivity contribution >= 4 is 23.4 Å².